The molecule has 30 heavy (non-hydrogen) atoms. The van der Waals surface area contributed by atoms with Gasteiger partial charge >= 0.3 is 0 Å². The van der Waals surface area contributed by atoms with Crippen molar-refractivity contribution in [2.24, 2.45) is 0 Å². The van der Waals surface area contributed by atoms with Gasteiger partial charge in [-0.2, -0.15) is 0 Å². The second-order valence-electron chi connectivity index (χ2n) is 8.21. The summed E-state index contributed by atoms with van der Waals surface area (Å²) in [6.45, 7) is 8.27. The van der Waals surface area contributed by atoms with Crippen molar-refractivity contribution >= 4 is 34.3 Å². The van der Waals surface area contributed by atoms with Gasteiger partial charge in [0, 0.05) is 23.9 Å². The molecule has 0 unspecified atom stereocenters. The molecule has 2 saturated heterocycles. The van der Waals surface area contributed by atoms with Crippen molar-refractivity contribution in [3.63, 3.8) is 0 Å². The molecule has 2 aromatic carbocycles. The summed E-state index contributed by atoms with van der Waals surface area (Å²) in [5.74, 6) is 1.81. The Bertz CT molecular complexity index is 885. The van der Waals surface area contributed by atoms with Crippen LogP contribution in [0.25, 0.3) is 21.9 Å². The molecule has 0 amide bonds. The van der Waals surface area contributed by atoms with E-state index in [2.05, 4.69) is 21.9 Å². The highest BCUT2D eigenvalue weighted by molar-refractivity contribution is 6.05. The lowest BCUT2D eigenvalue weighted by Crippen LogP contribution is -2.25. The van der Waals surface area contributed by atoms with E-state index in [1.54, 1.807) is 0 Å². The molecule has 2 aliphatic heterocycles. The first-order valence-corrected chi connectivity index (χ1v) is 11.0. The van der Waals surface area contributed by atoms with Crippen molar-refractivity contribution in [1.29, 1.82) is 0 Å². The van der Waals surface area contributed by atoms with Crippen LogP contribution < -0.4 is 9.47 Å². The monoisotopic (exact) mass is 430 g/mol. The van der Waals surface area contributed by atoms with Gasteiger partial charge in [0.25, 0.3) is 0 Å². The van der Waals surface area contributed by atoms with Crippen LogP contribution in [-0.4, -0.2) is 62.3 Å². The fourth-order valence-corrected chi connectivity index (χ4v) is 4.51. The number of furan rings is 1. The Labute approximate surface area is 184 Å². The Morgan fingerprint density at radius 1 is 0.667 bits per heavy atom. The summed E-state index contributed by atoms with van der Waals surface area (Å²) in [5, 5.41) is 2.17. The van der Waals surface area contributed by atoms with Crippen LogP contribution in [0.3, 0.4) is 0 Å². The number of fused-ring (bicyclic) bond motifs is 3. The molecule has 0 spiro atoms. The lowest BCUT2D eigenvalue weighted by atomic mass is 10.1. The van der Waals surface area contributed by atoms with Crippen LogP contribution in [-0.2, 0) is 0 Å². The van der Waals surface area contributed by atoms with Gasteiger partial charge in [0.2, 0.25) is 0 Å². The van der Waals surface area contributed by atoms with E-state index in [4.69, 9.17) is 13.9 Å². The standard InChI is InChI=1S/C24H30N2O3.ClH/c1-2-10-25(9-1)13-15-27-19-5-7-23-21(17-19)22-18-20(6-8-24(22)29-23)28-16-14-26-11-3-4-12-26;/h5-8,17-18H,1-4,9-16H2;1H. The average molecular weight is 431 g/mol. The van der Waals surface area contributed by atoms with Crippen LogP contribution >= 0.6 is 12.4 Å². The van der Waals surface area contributed by atoms with E-state index in [-0.39, 0.29) is 12.4 Å². The van der Waals surface area contributed by atoms with Gasteiger partial charge in [0.05, 0.1) is 0 Å². The number of ether oxygens (including phenoxy) is 2. The molecule has 2 fully saturated rings. The summed E-state index contributed by atoms with van der Waals surface area (Å²) < 4.78 is 18.1. The number of rotatable bonds is 8. The molecule has 0 atom stereocenters. The van der Waals surface area contributed by atoms with E-state index in [0.717, 1.165) is 59.7 Å². The summed E-state index contributed by atoms with van der Waals surface area (Å²) in [6.07, 6.45) is 5.26. The Kier molecular flexibility index (Phi) is 7.03. The van der Waals surface area contributed by atoms with Crippen molar-refractivity contribution in [2.45, 2.75) is 25.7 Å². The quantitative estimate of drug-likeness (QED) is 0.505. The molecular weight excluding hydrogens is 400 g/mol. The minimum Gasteiger partial charge on any atom is -0.492 e. The summed E-state index contributed by atoms with van der Waals surface area (Å²) in [7, 11) is 0. The van der Waals surface area contributed by atoms with Gasteiger partial charge in [-0.25, -0.2) is 0 Å². The van der Waals surface area contributed by atoms with E-state index in [9.17, 15) is 0 Å². The number of hydrogen-bond donors (Lipinski definition) is 0. The fraction of sp³-hybridized carbons (Fsp3) is 0.500. The zero-order valence-electron chi connectivity index (χ0n) is 17.5. The highest BCUT2D eigenvalue weighted by Gasteiger charge is 2.13. The molecule has 3 heterocycles. The van der Waals surface area contributed by atoms with Crippen molar-refractivity contribution in [2.75, 3.05) is 52.5 Å². The number of likely N-dealkylation sites (tertiary alicyclic amines) is 2. The first-order valence-electron chi connectivity index (χ1n) is 11.0. The van der Waals surface area contributed by atoms with Gasteiger partial charge in [-0.3, -0.25) is 9.80 Å². The molecule has 0 radical (unpaired) electrons. The molecule has 5 rings (SSSR count). The lowest BCUT2D eigenvalue weighted by molar-refractivity contribution is 0.238. The SMILES string of the molecule is Cl.c1cc2oc3ccc(OCCN4CCCC4)cc3c2cc1OCCN1CCCC1. The third-order valence-electron chi connectivity index (χ3n) is 6.16. The molecule has 0 N–H and O–H groups in total. The molecule has 1 aromatic heterocycles. The van der Waals surface area contributed by atoms with Crippen LogP contribution in [0.4, 0.5) is 0 Å². The Morgan fingerprint density at radius 3 is 1.53 bits per heavy atom. The summed E-state index contributed by atoms with van der Waals surface area (Å²) in [4.78, 5) is 4.94. The van der Waals surface area contributed by atoms with Gasteiger partial charge in [-0.15, -0.1) is 12.4 Å². The predicted molar refractivity (Wildman–Crippen MR) is 123 cm³/mol. The average Bonchev–Trinajstić information content (AvgIpc) is 3.49. The molecular formula is C24H31ClN2O3. The predicted octanol–water partition coefficient (Wildman–Crippen LogP) is 4.96. The van der Waals surface area contributed by atoms with E-state index in [1.165, 1.54) is 51.9 Å². The number of halogens is 1. The Hall–Kier alpha value is -1.95. The number of hydrogen-bond acceptors (Lipinski definition) is 5. The van der Waals surface area contributed by atoms with Crippen molar-refractivity contribution in [1.82, 2.24) is 9.80 Å². The maximum absolute atomic E-state index is 6.03. The van der Waals surface area contributed by atoms with Crippen LogP contribution in [0.2, 0.25) is 0 Å². The van der Waals surface area contributed by atoms with E-state index >= 15 is 0 Å². The van der Waals surface area contributed by atoms with E-state index in [1.807, 2.05) is 24.3 Å². The molecule has 0 bridgehead atoms. The molecule has 0 aliphatic carbocycles. The van der Waals surface area contributed by atoms with Crippen molar-refractivity contribution < 1.29 is 13.9 Å². The third-order valence-corrected chi connectivity index (χ3v) is 6.16. The molecule has 162 valence electrons. The van der Waals surface area contributed by atoms with Gasteiger partial charge in [0.1, 0.15) is 35.9 Å². The van der Waals surface area contributed by atoms with Crippen LogP contribution in [0, 0.1) is 0 Å². The van der Waals surface area contributed by atoms with Crippen molar-refractivity contribution in [3.05, 3.63) is 36.4 Å². The zero-order chi connectivity index (χ0) is 19.5. The molecule has 0 saturated carbocycles. The van der Waals surface area contributed by atoms with Crippen LogP contribution in [0.1, 0.15) is 25.7 Å². The Morgan fingerprint density at radius 2 is 1.10 bits per heavy atom. The van der Waals surface area contributed by atoms with Crippen molar-refractivity contribution in [3.8, 4) is 11.5 Å². The second kappa shape index (κ2) is 9.90. The zero-order valence-corrected chi connectivity index (χ0v) is 18.3. The lowest BCUT2D eigenvalue weighted by Gasteiger charge is -2.15. The summed E-state index contributed by atoms with van der Waals surface area (Å²) >= 11 is 0. The summed E-state index contributed by atoms with van der Waals surface area (Å²) in [5.41, 5.74) is 1.78. The second-order valence-corrected chi connectivity index (χ2v) is 8.21. The smallest absolute Gasteiger partial charge is 0.135 e. The molecule has 6 heteroatoms. The van der Waals surface area contributed by atoms with Gasteiger partial charge in [0.15, 0.2) is 0 Å². The maximum atomic E-state index is 6.03. The molecule has 3 aromatic rings. The van der Waals surface area contributed by atoms with Gasteiger partial charge < -0.3 is 13.9 Å². The van der Waals surface area contributed by atoms with Crippen LogP contribution in [0.5, 0.6) is 11.5 Å². The first kappa shape index (κ1) is 21.3. The highest BCUT2D eigenvalue weighted by atomic mass is 35.5. The minimum absolute atomic E-state index is 0. The number of nitrogens with zero attached hydrogens (tertiary/aromatic N) is 2. The number of benzene rings is 2. The maximum Gasteiger partial charge on any atom is 0.135 e. The Balaban J connectivity index is 0.00000218. The first-order chi connectivity index (χ1) is 14.3. The largest absolute Gasteiger partial charge is 0.492 e. The van der Waals surface area contributed by atoms with Crippen LogP contribution in [0.15, 0.2) is 40.8 Å². The minimum atomic E-state index is 0. The van der Waals surface area contributed by atoms with E-state index < -0.39 is 0 Å². The highest BCUT2D eigenvalue weighted by Crippen LogP contribution is 2.33. The van der Waals surface area contributed by atoms with E-state index in [0.29, 0.717) is 0 Å². The summed E-state index contributed by atoms with van der Waals surface area (Å²) in [6, 6.07) is 12.2. The fourth-order valence-electron chi connectivity index (χ4n) is 4.51. The van der Waals surface area contributed by atoms with Gasteiger partial charge in [-0.05, 0) is 88.3 Å². The molecule has 2 aliphatic rings. The normalized spacial score (nSPS) is 17.6. The molecule has 5 nitrogen and oxygen atoms in total. The third kappa shape index (κ3) is 4.85. The topological polar surface area (TPSA) is 38.1 Å². The van der Waals surface area contributed by atoms with Gasteiger partial charge in [-0.1, -0.05) is 0 Å².